The highest BCUT2D eigenvalue weighted by Crippen LogP contribution is 2.35. The fraction of sp³-hybridized carbons (Fsp3) is 0.465. The third-order valence-corrected chi connectivity index (χ3v) is 13.0. The van der Waals surface area contributed by atoms with E-state index in [-0.39, 0.29) is 30.0 Å². The molecule has 58 heavy (non-hydrogen) atoms. The number of nitrogens with one attached hydrogen (secondary N) is 2. The molecule has 1 unspecified atom stereocenters. The van der Waals surface area contributed by atoms with Crippen molar-refractivity contribution in [3.8, 4) is 0 Å². The predicted octanol–water partition coefficient (Wildman–Crippen LogP) is 4.48. The first-order chi connectivity index (χ1) is 28.3. The lowest BCUT2D eigenvalue weighted by Crippen LogP contribution is -2.52. The minimum atomic E-state index is -0.595. The Hall–Kier alpha value is -5.83. The number of aromatic nitrogens is 5. The van der Waals surface area contributed by atoms with Crippen molar-refractivity contribution in [2.75, 3.05) is 60.9 Å². The number of amides is 4. The van der Waals surface area contributed by atoms with Gasteiger partial charge in [-0.05, 0) is 100 Å². The van der Waals surface area contributed by atoms with Crippen LogP contribution in [0.5, 0.6) is 0 Å². The van der Waals surface area contributed by atoms with Gasteiger partial charge in [0.15, 0.2) is 5.65 Å². The number of pyridine rings is 1. The van der Waals surface area contributed by atoms with E-state index in [1.54, 1.807) is 33.9 Å². The molecule has 4 fully saturated rings. The Kier molecular flexibility index (Phi) is 9.54. The van der Waals surface area contributed by atoms with Crippen molar-refractivity contribution in [2.24, 2.45) is 5.92 Å². The molecule has 5 aliphatic heterocycles. The van der Waals surface area contributed by atoms with Gasteiger partial charge in [-0.3, -0.25) is 24.5 Å². The minimum absolute atomic E-state index is 0.123. The van der Waals surface area contributed by atoms with E-state index in [0.717, 1.165) is 118 Å². The van der Waals surface area contributed by atoms with E-state index in [1.807, 2.05) is 18.3 Å². The normalized spacial score (nSPS) is 21.3. The molecule has 5 aliphatic rings. The molecule has 2 N–H and O–H groups in total. The fourth-order valence-corrected chi connectivity index (χ4v) is 9.74. The van der Waals surface area contributed by atoms with Gasteiger partial charge < -0.3 is 29.3 Å². The van der Waals surface area contributed by atoms with Gasteiger partial charge in [0.2, 0.25) is 11.8 Å². The van der Waals surface area contributed by atoms with Gasteiger partial charge in [0.05, 0.1) is 17.1 Å². The number of carbonyl (C=O) groups excluding carboxylic acids is 4. The highest BCUT2D eigenvalue weighted by atomic mass is 16.2. The molecule has 300 valence electrons. The van der Waals surface area contributed by atoms with E-state index in [0.29, 0.717) is 41.7 Å². The number of likely N-dealkylation sites (tertiary alicyclic amines) is 1. The third kappa shape index (κ3) is 7.05. The predicted molar refractivity (Wildman–Crippen MR) is 218 cm³/mol. The van der Waals surface area contributed by atoms with Gasteiger partial charge in [-0.2, -0.15) is 5.10 Å². The largest absolute Gasteiger partial charge is 0.371 e. The van der Waals surface area contributed by atoms with Crippen molar-refractivity contribution in [3.05, 3.63) is 83.7 Å². The second-order valence-corrected chi connectivity index (χ2v) is 16.7. The van der Waals surface area contributed by atoms with Crippen LogP contribution in [0, 0.1) is 5.92 Å². The number of hydrogen-bond acceptors (Lipinski definition) is 10. The summed E-state index contributed by atoms with van der Waals surface area (Å²) in [5.41, 5.74) is 7.48. The van der Waals surface area contributed by atoms with Crippen LogP contribution in [0.3, 0.4) is 0 Å². The van der Waals surface area contributed by atoms with E-state index < -0.39 is 6.04 Å². The van der Waals surface area contributed by atoms with Gasteiger partial charge in [0, 0.05) is 93.7 Å². The molecular weight excluding hydrogens is 735 g/mol. The zero-order valence-electron chi connectivity index (χ0n) is 32.7. The van der Waals surface area contributed by atoms with E-state index in [2.05, 4.69) is 58.1 Å². The summed E-state index contributed by atoms with van der Waals surface area (Å²) in [6.45, 7) is 7.39. The molecule has 0 saturated carbocycles. The van der Waals surface area contributed by atoms with Crippen LogP contribution in [-0.4, -0.2) is 109 Å². The summed E-state index contributed by atoms with van der Waals surface area (Å²) < 4.78 is 3.68. The molecule has 0 bridgehead atoms. The lowest BCUT2D eigenvalue weighted by molar-refractivity contribution is -0.136. The molecular formula is C43H49N11O4. The standard InChI is InChI=1S/C43H49N11O4/c55-40-9-7-36(42(57)47-40)53-25-30-4-5-31(22-32(30)43(53)58)50-19-10-28(11-20-50)24-49-17-12-29(13-18-49)34-26-52-27-35(37(23-39(52)45-34)51-15-2-1-3-16-51)46-41(56)33-6-8-38-44-14-21-54(38)48-33/h4-6,8,14,21-23,26-29,36H,1-3,7,9-13,15-20,24-25H2,(H,46,56)(H,47,55,57). The summed E-state index contributed by atoms with van der Waals surface area (Å²) in [4.78, 5) is 69.4. The average Bonchev–Trinajstić information content (AvgIpc) is 3.98. The summed E-state index contributed by atoms with van der Waals surface area (Å²) in [5, 5.41) is 10.0. The molecule has 15 nitrogen and oxygen atoms in total. The molecule has 4 amide bonds. The lowest BCUT2D eigenvalue weighted by Gasteiger charge is -2.38. The molecule has 1 atom stereocenters. The second kappa shape index (κ2) is 15.2. The quantitative estimate of drug-likeness (QED) is 0.216. The van der Waals surface area contributed by atoms with Crippen LogP contribution >= 0.6 is 0 Å². The molecule has 5 aromatic rings. The average molecular weight is 784 g/mol. The molecule has 0 radical (unpaired) electrons. The van der Waals surface area contributed by atoms with Gasteiger partial charge in [-0.15, -0.1) is 0 Å². The molecule has 10 rings (SSSR count). The van der Waals surface area contributed by atoms with Crippen molar-refractivity contribution in [2.45, 2.75) is 76.3 Å². The molecule has 1 aromatic carbocycles. The molecule has 4 saturated heterocycles. The highest BCUT2D eigenvalue weighted by Gasteiger charge is 2.39. The molecule has 4 aromatic heterocycles. The van der Waals surface area contributed by atoms with Crippen LogP contribution in [0.25, 0.3) is 11.3 Å². The van der Waals surface area contributed by atoms with Crippen LogP contribution in [0.4, 0.5) is 17.1 Å². The highest BCUT2D eigenvalue weighted by molar-refractivity contribution is 6.06. The summed E-state index contributed by atoms with van der Waals surface area (Å²) >= 11 is 0. The van der Waals surface area contributed by atoms with Crippen molar-refractivity contribution in [1.29, 1.82) is 0 Å². The van der Waals surface area contributed by atoms with Crippen molar-refractivity contribution >= 4 is 52.0 Å². The van der Waals surface area contributed by atoms with Crippen LogP contribution < -0.4 is 20.4 Å². The molecule has 0 spiro atoms. The van der Waals surface area contributed by atoms with Crippen molar-refractivity contribution in [1.82, 2.24) is 39.1 Å². The fourth-order valence-electron chi connectivity index (χ4n) is 9.74. The zero-order valence-corrected chi connectivity index (χ0v) is 32.7. The lowest BCUT2D eigenvalue weighted by atomic mass is 9.91. The number of hydrogen-bond donors (Lipinski definition) is 2. The summed E-state index contributed by atoms with van der Waals surface area (Å²) in [6.07, 6.45) is 16.0. The first-order valence-electron chi connectivity index (χ1n) is 21.0. The monoisotopic (exact) mass is 783 g/mol. The van der Waals surface area contributed by atoms with E-state index in [1.165, 1.54) is 6.42 Å². The maximum absolute atomic E-state index is 13.5. The molecule has 9 heterocycles. The third-order valence-electron chi connectivity index (χ3n) is 13.0. The summed E-state index contributed by atoms with van der Waals surface area (Å²) in [7, 11) is 0. The maximum Gasteiger partial charge on any atom is 0.276 e. The summed E-state index contributed by atoms with van der Waals surface area (Å²) in [6, 6.07) is 11.2. The van der Waals surface area contributed by atoms with Crippen molar-refractivity contribution in [3.63, 3.8) is 0 Å². The number of benzene rings is 1. The Morgan fingerprint density at radius 1 is 0.845 bits per heavy atom. The second-order valence-electron chi connectivity index (χ2n) is 16.7. The topological polar surface area (TPSA) is 153 Å². The number of imide groups is 1. The van der Waals surface area contributed by atoms with Crippen LogP contribution in [0.2, 0.25) is 0 Å². The SMILES string of the molecule is O=C1CCC(N2Cc3ccc(N4CCC(CN5CCC(c6cn7cc(NC(=O)c8ccc9nccn9n8)c(N8CCCCC8)cc7n6)CC5)CC4)cc3C2=O)C(=O)N1. The van der Waals surface area contributed by atoms with E-state index in [9.17, 15) is 19.2 Å². The smallest absolute Gasteiger partial charge is 0.276 e. The number of rotatable bonds is 8. The van der Waals surface area contributed by atoms with E-state index in [4.69, 9.17) is 4.98 Å². The van der Waals surface area contributed by atoms with Gasteiger partial charge >= 0.3 is 0 Å². The maximum atomic E-state index is 13.5. The van der Waals surface area contributed by atoms with Crippen molar-refractivity contribution < 1.29 is 19.2 Å². The Morgan fingerprint density at radius 2 is 1.67 bits per heavy atom. The summed E-state index contributed by atoms with van der Waals surface area (Å²) in [5.74, 6) is -0.0215. The number of carbonyl (C=O) groups is 4. The first-order valence-corrected chi connectivity index (χ1v) is 21.0. The van der Waals surface area contributed by atoms with Crippen LogP contribution in [0.1, 0.15) is 95.8 Å². The Morgan fingerprint density at radius 3 is 2.48 bits per heavy atom. The number of anilines is 3. The van der Waals surface area contributed by atoms with Gasteiger partial charge in [-0.1, -0.05) is 6.07 Å². The number of piperidine rings is 4. The molecule has 0 aliphatic carbocycles. The Bertz CT molecular complexity index is 2400. The van der Waals surface area contributed by atoms with Gasteiger partial charge in [0.25, 0.3) is 11.8 Å². The Labute approximate surface area is 336 Å². The molecule has 15 heteroatoms. The van der Waals surface area contributed by atoms with Gasteiger partial charge in [-0.25, -0.2) is 14.5 Å². The first kappa shape index (κ1) is 36.5. The van der Waals surface area contributed by atoms with Crippen LogP contribution in [-0.2, 0) is 16.1 Å². The number of imidazole rings is 2. The zero-order chi connectivity index (χ0) is 39.3. The Balaban J connectivity index is 0.751. The van der Waals surface area contributed by atoms with Gasteiger partial charge in [0.1, 0.15) is 17.4 Å². The van der Waals surface area contributed by atoms with E-state index >= 15 is 0 Å². The number of fused-ring (bicyclic) bond motifs is 3. The van der Waals surface area contributed by atoms with Crippen LogP contribution in [0.15, 0.2) is 61.2 Å². The minimum Gasteiger partial charge on any atom is -0.371 e. The number of nitrogens with zero attached hydrogens (tertiary/aromatic N) is 9.